The van der Waals surface area contributed by atoms with Crippen molar-refractivity contribution in [3.8, 4) is 11.5 Å². The van der Waals surface area contributed by atoms with Crippen LogP contribution < -0.4 is 31.6 Å². The predicted octanol–water partition coefficient (Wildman–Crippen LogP) is 3.53. The van der Waals surface area contributed by atoms with E-state index < -0.39 is 36.2 Å². The number of allylic oxidation sites excluding steroid dienone is 2. The van der Waals surface area contributed by atoms with Crippen LogP contribution in [0.1, 0.15) is 78.8 Å². The number of aromatic nitrogens is 6. The fraction of sp³-hybridized carbons (Fsp3) is 0.270. The molecule has 7 N–H and O–H groups in total. The highest BCUT2D eigenvalue weighted by atomic mass is 16.5. The van der Waals surface area contributed by atoms with E-state index >= 15 is 0 Å². The molecule has 0 saturated carbocycles. The molecule has 4 heterocycles. The van der Waals surface area contributed by atoms with Crippen LogP contribution in [0.5, 0.6) is 11.5 Å². The minimum atomic E-state index is -1.28. The van der Waals surface area contributed by atoms with Gasteiger partial charge in [0.05, 0.1) is 29.5 Å². The van der Waals surface area contributed by atoms with Crippen molar-refractivity contribution in [1.29, 1.82) is 0 Å². The number of carbonyl (C=O) groups is 5. The van der Waals surface area contributed by atoms with Gasteiger partial charge < -0.3 is 44.0 Å². The maximum absolute atomic E-state index is 13.5. The van der Waals surface area contributed by atoms with Crippen LogP contribution >= 0.6 is 0 Å². The van der Waals surface area contributed by atoms with Crippen LogP contribution in [0.2, 0.25) is 0 Å². The number of rotatable bonds is 16. The van der Waals surface area contributed by atoms with E-state index in [0.29, 0.717) is 41.2 Å². The normalized spacial score (nSPS) is 11.4. The van der Waals surface area contributed by atoms with Gasteiger partial charge in [-0.3, -0.25) is 29.8 Å². The molecule has 0 aliphatic heterocycles. The van der Waals surface area contributed by atoms with Gasteiger partial charge in [-0.25, -0.2) is 24.7 Å². The second kappa shape index (κ2) is 16.1. The number of hydrogen-bond acceptors (Lipinski definition) is 13. The molecular formula is C37H38N10O10. The molecule has 296 valence electrons. The molecule has 0 aliphatic carbocycles. The largest absolute Gasteiger partial charge is 0.494 e. The summed E-state index contributed by atoms with van der Waals surface area (Å²) in [5, 5.41) is 14.9. The number of imidazole rings is 2. The van der Waals surface area contributed by atoms with Gasteiger partial charge in [-0.2, -0.15) is 0 Å². The van der Waals surface area contributed by atoms with Gasteiger partial charge in [0, 0.05) is 38.1 Å². The molecule has 0 radical (unpaired) electrons. The van der Waals surface area contributed by atoms with Gasteiger partial charge in [0.15, 0.2) is 18.4 Å². The fourth-order valence-electron chi connectivity index (χ4n) is 6.15. The van der Waals surface area contributed by atoms with Gasteiger partial charge in [-0.05, 0) is 37.1 Å². The molecule has 0 saturated heterocycles. The lowest BCUT2D eigenvalue weighted by Crippen LogP contribution is -2.17. The number of nitrogens with one attached hydrogen (secondary N) is 2. The summed E-state index contributed by atoms with van der Waals surface area (Å²) in [6.07, 6.45) is 4.26. The fourth-order valence-corrected chi connectivity index (χ4v) is 6.15. The van der Waals surface area contributed by atoms with E-state index in [1.54, 1.807) is 30.6 Å². The number of nitrogens with two attached hydrogens (primary N) is 2. The number of aryl methyl sites for hydroxylation is 4. The van der Waals surface area contributed by atoms with Crippen LogP contribution in [0.15, 0.2) is 45.3 Å². The highest BCUT2D eigenvalue weighted by molar-refractivity contribution is 6.05. The van der Waals surface area contributed by atoms with Crippen molar-refractivity contribution < 1.29 is 47.4 Å². The van der Waals surface area contributed by atoms with E-state index in [9.17, 15) is 29.1 Å². The SMILES string of the molecule is CCc1nc(C)oc1C(=O)Nc1nc2cc(C(N)=O)cc(OC)c2n1C/C=C/Cn1c(NC(=O)c2oc(C)nc2CC)nc2cc(C(N)=O)cc(OCC(=O)O)c21. The highest BCUT2D eigenvalue weighted by Gasteiger charge is 2.25. The van der Waals surface area contributed by atoms with Gasteiger partial charge in [-0.1, -0.05) is 26.0 Å². The van der Waals surface area contributed by atoms with Gasteiger partial charge >= 0.3 is 5.97 Å². The van der Waals surface area contributed by atoms with Crippen molar-refractivity contribution in [2.24, 2.45) is 11.5 Å². The minimum absolute atomic E-state index is 0.00396. The first kappa shape index (κ1) is 39.2. The Morgan fingerprint density at radius 1 is 0.737 bits per heavy atom. The summed E-state index contributed by atoms with van der Waals surface area (Å²) in [5.74, 6) is -3.20. The third-order valence-corrected chi connectivity index (χ3v) is 8.64. The zero-order valence-corrected chi connectivity index (χ0v) is 31.5. The number of oxazole rings is 2. The number of carboxylic acids is 1. The van der Waals surface area contributed by atoms with E-state index in [0.717, 1.165) is 0 Å². The number of primary amides is 2. The zero-order valence-electron chi connectivity index (χ0n) is 31.5. The number of anilines is 2. The van der Waals surface area contributed by atoms with Gasteiger partial charge in [0.1, 0.15) is 22.5 Å². The Morgan fingerprint density at radius 3 is 1.58 bits per heavy atom. The number of methoxy groups -OCH3 is 1. The van der Waals surface area contributed by atoms with Crippen molar-refractivity contribution in [3.63, 3.8) is 0 Å². The van der Waals surface area contributed by atoms with Gasteiger partial charge in [0.2, 0.25) is 35.2 Å². The number of ether oxygens (including phenoxy) is 2. The molecule has 0 unspecified atom stereocenters. The Morgan fingerprint density at radius 2 is 1.18 bits per heavy atom. The molecule has 0 fully saturated rings. The molecule has 4 amide bonds. The summed E-state index contributed by atoms with van der Waals surface area (Å²) in [5.41, 5.74) is 13.2. The average Bonchev–Trinajstić information content (AvgIpc) is 3.93. The molecular weight excluding hydrogens is 744 g/mol. The number of nitrogens with zero attached hydrogens (tertiary/aromatic N) is 6. The summed E-state index contributed by atoms with van der Waals surface area (Å²) in [7, 11) is 1.41. The first-order valence-corrected chi connectivity index (χ1v) is 17.5. The lowest BCUT2D eigenvalue weighted by molar-refractivity contribution is -0.139. The van der Waals surface area contributed by atoms with Crippen LogP contribution in [0.4, 0.5) is 11.9 Å². The lowest BCUT2D eigenvalue weighted by Gasteiger charge is -2.12. The third-order valence-electron chi connectivity index (χ3n) is 8.64. The van der Waals surface area contributed by atoms with Crippen LogP contribution in [0, 0.1) is 13.8 Å². The quantitative estimate of drug-likeness (QED) is 0.0878. The Labute approximate surface area is 322 Å². The first-order valence-electron chi connectivity index (χ1n) is 17.5. The van der Waals surface area contributed by atoms with Gasteiger partial charge in [0.25, 0.3) is 11.8 Å². The number of aliphatic carboxylic acids is 1. The molecule has 0 bridgehead atoms. The van der Waals surface area contributed by atoms with Crippen molar-refractivity contribution in [2.75, 3.05) is 24.4 Å². The van der Waals surface area contributed by atoms with E-state index in [1.807, 2.05) is 13.8 Å². The van der Waals surface area contributed by atoms with E-state index in [-0.39, 0.29) is 76.1 Å². The number of benzene rings is 2. The second-order valence-electron chi connectivity index (χ2n) is 12.5. The molecule has 6 rings (SSSR count). The zero-order chi connectivity index (χ0) is 41.1. The highest BCUT2D eigenvalue weighted by Crippen LogP contribution is 2.33. The van der Waals surface area contributed by atoms with Crippen LogP contribution in [0.25, 0.3) is 22.1 Å². The Balaban J connectivity index is 1.42. The van der Waals surface area contributed by atoms with E-state index in [4.69, 9.17) is 29.8 Å². The molecule has 57 heavy (non-hydrogen) atoms. The molecule has 20 nitrogen and oxygen atoms in total. The van der Waals surface area contributed by atoms with Crippen LogP contribution in [-0.4, -0.2) is 77.5 Å². The monoisotopic (exact) mass is 782 g/mol. The average molecular weight is 783 g/mol. The Hall–Kier alpha value is -7.51. The van der Waals surface area contributed by atoms with Crippen LogP contribution in [-0.2, 0) is 30.7 Å². The third kappa shape index (κ3) is 8.00. The van der Waals surface area contributed by atoms with Crippen molar-refractivity contribution in [3.05, 3.63) is 82.2 Å². The standard InChI is InChI=1S/C37H38N10O10/c1-6-21-30(56-17(3)40-21)34(52)44-36-42-23-12-19(32(38)50)14-25(54-5)28(23)46(36)10-8-9-11-47-29-24(13-20(33(39)51)15-26(29)55-16-27(48)49)43-37(47)45-35(53)31-22(7-2)41-18(4)57-31/h8-9,12-15H,6-7,10-11,16H2,1-5H3,(H2,38,50)(H2,39,51)(H,48,49)(H,42,44,52)(H,43,45,53)/b9-8+. The topological polar surface area (TPSA) is 288 Å². The number of carboxylic acid groups (broad SMARTS) is 1. The summed E-state index contributed by atoms with van der Waals surface area (Å²) in [6.45, 7) is 6.19. The smallest absolute Gasteiger partial charge is 0.341 e. The van der Waals surface area contributed by atoms with Crippen molar-refractivity contribution in [2.45, 2.75) is 53.6 Å². The molecule has 4 aromatic heterocycles. The molecule has 0 atom stereocenters. The summed E-state index contributed by atoms with van der Waals surface area (Å²) in [6, 6.07) is 5.60. The lowest BCUT2D eigenvalue weighted by atomic mass is 10.1. The number of amides is 4. The van der Waals surface area contributed by atoms with Gasteiger partial charge in [-0.15, -0.1) is 0 Å². The minimum Gasteiger partial charge on any atom is -0.494 e. The Kier molecular flexibility index (Phi) is 11.1. The molecule has 2 aromatic carbocycles. The summed E-state index contributed by atoms with van der Waals surface area (Å²) < 4.78 is 25.5. The molecule has 20 heteroatoms. The first-order chi connectivity index (χ1) is 27.2. The maximum atomic E-state index is 13.5. The molecule has 0 spiro atoms. The molecule has 0 aliphatic rings. The number of fused-ring (bicyclic) bond motifs is 2. The number of hydrogen-bond donors (Lipinski definition) is 5. The second-order valence-corrected chi connectivity index (χ2v) is 12.5. The van der Waals surface area contributed by atoms with Crippen LogP contribution in [0.3, 0.4) is 0 Å². The molecule has 6 aromatic rings. The summed E-state index contributed by atoms with van der Waals surface area (Å²) in [4.78, 5) is 80.6. The van der Waals surface area contributed by atoms with E-state index in [2.05, 4.69) is 30.6 Å². The van der Waals surface area contributed by atoms with Crippen molar-refractivity contribution in [1.82, 2.24) is 29.1 Å². The summed E-state index contributed by atoms with van der Waals surface area (Å²) >= 11 is 0. The predicted molar refractivity (Wildman–Crippen MR) is 202 cm³/mol. The number of carbonyl (C=O) groups excluding carboxylic acids is 4. The van der Waals surface area contributed by atoms with Crippen molar-refractivity contribution >= 4 is 63.6 Å². The van der Waals surface area contributed by atoms with E-state index in [1.165, 1.54) is 35.9 Å². The Bertz CT molecular complexity index is 2610. The maximum Gasteiger partial charge on any atom is 0.341 e.